The van der Waals surface area contributed by atoms with Crippen LogP contribution < -0.4 is 0 Å². The Balaban J connectivity index is 2.70. The molecule has 0 fully saturated rings. The molecule has 0 saturated carbocycles. The van der Waals surface area contributed by atoms with E-state index in [1.165, 1.54) is 10.8 Å². The molecule has 5 heteroatoms. The van der Waals surface area contributed by atoms with Crippen molar-refractivity contribution < 1.29 is 0 Å². The lowest BCUT2D eigenvalue weighted by Crippen LogP contribution is -1.73. The second-order valence-corrected chi connectivity index (χ2v) is 3.61. The van der Waals surface area contributed by atoms with Gasteiger partial charge in [0.2, 0.25) is 0 Å². The molecule has 0 bridgehead atoms. The van der Waals surface area contributed by atoms with Crippen LogP contribution in [0.15, 0.2) is 23.2 Å². The number of thiol groups is 1. The normalized spacial score (nSPS) is 10.2. The van der Waals surface area contributed by atoms with Gasteiger partial charge < -0.3 is 0 Å². The lowest BCUT2D eigenvalue weighted by atomic mass is 10.2. The highest BCUT2D eigenvalue weighted by Crippen LogP contribution is 2.27. The van der Waals surface area contributed by atoms with Gasteiger partial charge in [0.1, 0.15) is 5.03 Å². The summed E-state index contributed by atoms with van der Waals surface area (Å²) in [5.74, 6) is 0. The van der Waals surface area contributed by atoms with Crippen molar-refractivity contribution in [3.63, 3.8) is 0 Å². The van der Waals surface area contributed by atoms with Gasteiger partial charge in [0.15, 0.2) is 0 Å². The summed E-state index contributed by atoms with van der Waals surface area (Å²) in [6, 6.07) is 7.49. The summed E-state index contributed by atoms with van der Waals surface area (Å²) in [6.45, 7) is 0. The Morgan fingerprint density at radius 3 is 3.08 bits per heavy atom. The molecule has 64 valence electrons. The monoisotopic (exact) mass is 207 g/mol. The fourth-order valence-corrected chi connectivity index (χ4v) is 1.91. The summed E-state index contributed by atoms with van der Waals surface area (Å²) >= 11 is 4.07. The first-order valence-corrected chi connectivity index (χ1v) is 5.41. The van der Waals surface area contributed by atoms with Gasteiger partial charge in [-0.3, -0.25) is 5.10 Å². The average molecular weight is 207 g/mol. The number of nitrogens with zero attached hydrogens (tertiary/aromatic N) is 2. The summed E-state index contributed by atoms with van der Waals surface area (Å²) in [5.41, 5.74) is 1.50. The average Bonchev–Trinajstić information content (AvgIpc) is 2.59. The molecule has 0 saturated heterocycles. The highest BCUT2D eigenvalue weighted by atomic mass is 33.1. The summed E-state index contributed by atoms with van der Waals surface area (Å²) in [7, 11) is 1.29. The molecule has 0 unspecified atom stereocenters. The molecule has 0 aliphatic heterocycles. The molecule has 0 radical (unpaired) electrons. The largest absolute Gasteiger partial charge is 0.277 e. The predicted octanol–water partition coefficient (Wildman–Crippen LogP) is 2.37. The minimum atomic E-state index is 0.631. The zero-order valence-electron chi connectivity index (χ0n) is 6.48. The van der Waals surface area contributed by atoms with Crippen LogP contribution in [0.4, 0.5) is 0 Å². The van der Waals surface area contributed by atoms with E-state index in [2.05, 4.69) is 27.9 Å². The summed E-state index contributed by atoms with van der Waals surface area (Å²) < 4.78 is 0. The van der Waals surface area contributed by atoms with Crippen molar-refractivity contribution in [3.8, 4) is 6.07 Å². The maximum Gasteiger partial charge on any atom is 0.136 e. The van der Waals surface area contributed by atoms with Crippen molar-refractivity contribution >= 4 is 33.4 Å². The van der Waals surface area contributed by atoms with Crippen LogP contribution in [0.25, 0.3) is 10.9 Å². The van der Waals surface area contributed by atoms with Crippen molar-refractivity contribution in [1.82, 2.24) is 10.2 Å². The first-order chi connectivity index (χ1) is 6.35. The highest BCUT2D eigenvalue weighted by Gasteiger charge is 2.04. The van der Waals surface area contributed by atoms with Gasteiger partial charge in [0.25, 0.3) is 0 Å². The standard InChI is InChI=1S/C8H5N3S2/c9-4-5-1-2-6-7(3-5)10-11-8(6)13-12/h1-3,12H,(H,10,11). The maximum atomic E-state index is 8.66. The maximum absolute atomic E-state index is 8.66. The molecule has 13 heavy (non-hydrogen) atoms. The molecule has 1 aromatic heterocycles. The number of fused-ring (bicyclic) bond motifs is 1. The van der Waals surface area contributed by atoms with Gasteiger partial charge in [-0.15, -0.1) is 11.7 Å². The zero-order chi connectivity index (χ0) is 9.26. The Kier molecular flexibility index (Phi) is 2.17. The molecule has 0 aliphatic rings. The van der Waals surface area contributed by atoms with E-state index >= 15 is 0 Å². The Morgan fingerprint density at radius 2 is 2.38 bits per heavy atom. The van der Waals surface area contributed by atoms with Crippen LogP contribution in [0.2, 0.25) is 0 Å². The second kappa shape index (κ2) is 3.32. The molecule has 0 aliphatic carbocycles. The molecule has 0 amide bonds. The number of benzene rings is 1. The number of rotatable bonds is 1. The second-order valence-electron chi connectivity index (χ2n) is 2.49. The smallest absolute Gasteiger partial charge is 0.136 e. The molecular weight excluding hydrogens is 202 g/mol. The first kappa shape index (κ1) is 8.48. The van der Waals surface area contributed by atoms with Crippen LogP contribution in [0.3, 0.4) is 0 Å². The third-order valence-electron chi connectivity index (χ3n) is 1.74. The molecule has 1 heterocycles. The van der Waals surface area contributed by atoms with E-state index in [1.54, 1.807) is 12.1 Å². The van der Waals surface area contributed by atoms with Gasteiger partial charge in [-0.05, 0) is 29.0 Å². The van der Waals surface area contributed by atoms with E-state index in [4.69, 9.17) is 5.26 Å². The summed E-state index contributed by atoms with van der Waals surface area (Å²) in [4.78, 5) is 0. The van der Waals surface area contributed by atoms with Gasteiger partial charge in [-0.1, -0.05) is 0 Å². The van der Waals surface area contributed by atoms with E-state index in [1.807, 2.05) is 6.07 Å². The van der Waals surface area contributed by atoms with Gasteiger partial charge in [-0.2, -0.15) is 10.4 Å². The number of nitrogens with one attached hydrogen (secondary N) is 1. The SMILES string of the molecule is N#Cc1ccc2c(SS)n[nH]c2c1. The number of H-pyrrole nitrogens is 1. The predicted molar refractivity (Wildman–Crippen MR) is 55.7 cm³/mol. The molecule has 0 spiro atoms. The highest BCUT2D eigenvalue weighted by molar-refractivity contribution is 8.68. The van der Waals surface area contributed by atoms with Gasteiger partial charge in [0.05, 0.1) is 17.1 Å². The number of hydrogen-bond acceptors (Lipinski definition) is 4. The topological polar surface area (TPSA) is 52.5 Å². The van der Waals surface area contributed by atoms with Gasteiger partial charge in [0, 0.05) is 5.39 Å². The Labute approximate surface area is 83.9 Å². The van der Waals surface area contributed by atoms with Crippen LogP contribution >= 0.6 is 22.5 Å². The minimum Gasteiger partial charge on any atom is -0.277 e. The van der Waals surface area contributed by atoms with E-state index in [9.17, 15) is 0 Å². The molecule has 2 rings (SSSR count). The molecule has 3 nitrogen and oxygen atoms in total. The fourth-order valence-electron chi connectivity index (χ4n) is 1.13. The number of hydrogen-bond donors (Lipinski definition) is 2. The van der Waals surface area contributed by atoms with Crippen molar-refractivity contribution in [3.05, 3.63) is 23.8 Å². The Morgan fingerprint density at radius 1 is 1.54 bits per heavy atom. The first-order valence-electron chi connectivity index (χ1n) is 3.55. The van der Waals surface area contributed by atoms with Crippen molar-refractivity contribution in [2.24, 2.45) is 0 Å². The van der Waals surface area contributed by atoms with Crippen LogP contribution in [-0.4, -0.2) is 10.2 Å². The van der Waals surface area contributed by atoms with E-state index in [0.29, 0.717) is 5.56 Å². The molecule has 1 N–H and O–H groups in total. The third-order valence-corrected chi connectivity index (χ3v) is 2.75. The summed E-state index contributed by atoms with van der Waals surface area (Å²) in [6.07, 6.45) is 0. The van der Waals surface area contributed by atoms with Crippen LogP contribution in [-0.2, 0) is 0 Å². The quantitative estimate of drug-likeness (QED) is 0.557. The number of aromatic amines is 1. The van der Waals surface area contributed by atoms with E-state index in [0.717, 1.165) is 15.9 Å². The fraction of sp³-hybridized carbons (Fsp3) is 0. The number of aromatic nitrogens is 2. The zero-order valence-corrected chi connectivity index (χ0v) is 8.19. The van der Waals surface area contributed by atoms with E-state index < -0.39 is 0 Å². The lowest BCUT2D eigenvalue weighted by Gasteiger charge is -1.90. The van der Waals surface area contributed by atoms with Crippen molar-refractivity contribution in [2.45, 2.75) is 5.03 Å². The Bertz CT molecular complexity index is 484. The number of nitriles is 1. The van der Waals surface area contributed by atoms with Gasteiger partial charge in [-0.25, -0.2) is 0 Å². The Hall–Kier alpha value is -1.12. The lowest BCUT2D eigenvalue weighted by molar-refractivity contribution is 1.03. The minimum absolute atomic E-state index is 0.631. The molecule has 0 atom stereocenters. The van der Waals surface area contributed by atoms with Crippen molar-refractivity contribution in [1.29, 1.82) is 5.26 Å². The van der Waals surface area contributed by atoms with Crippen LogP contribution in [0.1, 0.15) is 5.56 Å². The molecular formula is C8H5N3S2. The molecule has 1 aromatic carbocycles. The van der Waals surface area contributed by atoms with Crippen molar-refractivity contribution in [2.75, 3.05) is 0 Å². The van der Waals surface area contributed by atoms with Gasteiger partial charge >= 0.3 is 0 Å². The van der Waals surface area contributed by atoms with Crippen LogP contribution in [0, 0.1) is 11.3 Å². The summed E-state index contributed by atoms with van der Waals surface area (Å²) in [5, 5.41) is 17.4. The van der Waals surface area contributed by atoms with Crippen LogP contribution in [0.5, 0.6) is 0 Å². The third kappa shape index (κ3) is 1.39. The van der Waals surface area contributed by atoms with E-state index in [-0.39, 0.29) is 0 Å². The molecule has 2 aromatic rings.